The maximum Gasteiger partial charge on any atom is 0.0366 e. The summed E-state index contributed by atoms with van der Waals surface area (Å²) in [7, 11) is 2.15. The molecule has 1 heterocycles. The van der Waals surface area contributed by atoms with E-state index in [9.17, 15) is 0 Å². The van der Waals surface area contributed by atoms with Gasteiger partial charge in [0.15, 0.2) is 0 Å². The fourth-order valence-corrected chi connectivity index (χ4v) is 2.30. The number of rotatable bonds is 3. The van der Waals surface area contributed by atoms with Gasteiger partial charge in [0.25, 0.3) is 0 Å². The van der Waals surface area contributed by atoms with Crippen molar-refractivity contribution in [1.29, 1.82) is 0 Å². The SMILES string of the molecule is CCN(C)c1cccc(C2CCCCN2)c1. The van der Waals surface area contributed by atoms with Gasteiger partial charge in [0.2, 0.25) is 0 Å². The normalized spacial score (nSPS) is 20.8. The van der Waals surface area contributed by atoms with Crippen LogP contribution in [0.15, 0.2) is 24.3 Å². The molecule has 1 aliphatic heterocycles. The Labute approximate surface area is 98.7 Å². The molecular formula is C14H22N2. The summed E-state index contributed by atoms with van der Waals surface area (Å²) in [6, 6.07) is 9.50. The molecule has 0 aliphatic carbocycles. The van der Waals surface area contributed by atoms with E-state index in [2.05, 4.69) is 48.5 Å². The van der Waals surface area contributed by atoms with Crippen molar-refractivity contribution in [1.82, 2.24) is 5.32 Å². The van der Waals surface area contributed by atoms with Gasteiger partial charge in [0.1, 0.15) is 0 Å². The first-order valence-electron chi connectivity index (χ1n) is 6.35. The highest BCUT2D eigenvalue weighted by molar-refractivity contribution is 5.48. The summed E-state index contributed by atoms with van der Waals surface area (Å²) >= 11 is 0. The third-order valence-corrected chi connectivity index (χ3v) is 3.50. The van der Waals surface area contributed by atoms with Gasteiger partial charge in [0.05, 0.1) is 0 Å². The minimum atomic E-state index is 0.568. The first kappa shape index (κ1) is 11.5. The third kappa shape index (κ3) is 2.56. The molecule has 0 radical (unpaired) electrons. The molecule has 1 fully saturated rings. The van der Waals surface area contributed by atoms with Gasteiger partial charge in [0, 0.05) is 25.3 Å². The molecule has 0 aromatic heterocycles. The maximum absolute atomic E-state index is 3.60. The van der Waals surface area contributed by atoms with Crippen LogP contribution in [0, 0.1) is 0 Å². The Hall–Kier alpha value is -1.02. The number of hydrogen-bond donors (Lipinski definition) is 1. The number of hydrogen-bond acceptors (Lipinski definition) is 2. The Morgan fingerprint density at radius 3 is 2.94 bits per heavy atom. The van der Waals surface area contributed by atoms with E-state index >= 15 is 0 Å². The molecule has 0 bridgehead atoms. The van der Waals surface area contributed by atoms with Gasteiger partial charge < -0.3 is 10.2 Å². The summed E-state index contributed by atoms with van der Waals surface area (Å²) in [5.41, 5.74) is 2.77. The molecule has 0 amide bonds. The van der Waals surface area contributed by atoms with Crippen LogP contribution < -0.4 is 10.2 Å². The van der Waals surface area contributed by atoms with Crippen molar-refractivity contribution >= 4 is 5.69 Å². The second-order valence-electron chi connectivity index (χ2n) is 4.61. The zero-order chi connectivity index (χ0) is 11.4. The average molecular weight is 218 g/mol. The van der Waals surface area contributed by atoms with Crippen LogP contribution in [0.1, 0.15) is 37.8 Å². The molecule has 16 heavy (non-hydrogen) atoms. The lowest BCUT2D eigenvalue weighted by molar-refractivity contribution is 0.412. The van der Waals surface area contributed by atoms with Gasteiger partial charge in [-0.05, 0) is 44.0 Å². The van der Waals surface area contributed by atoms with E-state index in [1.54, 1.807) is 0 Å². The molecule has 0 spiro atoms. The first-order valence-corrected chi connectivity index (χ1v) is 6.35. The van der Waals surface area contributed by atoms with Crippen LogP contribution in [0.4, 0.5) is 5.69 Å². The second-order valence-corrected chi connectivity index (χ2v) is 4.61. The lowest BCUT2D eigenvalue weighted by atomic mass is 9.97. The molecule has 1 aromatic rings. The molecule has 88 valence electrons. The number of nitrogens with zero attached hydrogens (tertiary/aromatic N) is 1. The van der Waals surface area contributed by atoms with E-state index in [4.69, 9.17) is 0 Å². The summed E-state index contributed by atoms with van der Waals surface area (Å²) < 4.78 is 0. The van der Waals surface area contributed by atoms with E-state index in [0.29, 0.717) is 6.04 Å². The van der Waals surface area contributed by atoms with Crippen molar-refractivity contribution in [2.75, 3.05) is 25.0 Å². The standard InChI is InChI=1S/C14H22N2/c1-3-16(2)13-8-6-7-12(11-13)14-9-4-5-10-15-14/h6-8,11,14-15H,3-5,9-10H2,1-2H3. The predicted molar refractivity (Wildman–Crippen MR) is 70.0 cm³/mol. The molecule has 1 unspecified atom stereocenters. The highest BCUT2D eigenvalue weighted by Gasteiger charge is 2.14. The molecule has 0 saturated carbocycles. The molecule has 1 N–H and O–H groups in total. The Morgan fingerprint density at radius 2 is 2.25 bits per heavy atom. The van der Waals surface area contributed by atoms with Crippen molar-refractivity contribution in [3.8, 4) is 0 Å². The summed E-state index contributed by atoms with van der Waals surface area (Å²) in [6.45, 7) is 4.41. The number of piperidine rings is 1. The van der Waals surface area contributed by atoms with Crippen molar-refractivity contribution in [2.24, 2.45) is 0 Å². The smallest absolute Gasteiger partial charge is 0.0366 e. The van der Waals surface area contributed by atoms with Crippen LogP contribution in [0.5, 0.6) is 0 Å². The fourth-order valence-electron chi connectivity index (χ4n) is 2.30. The Balaban J connectivity index is 2.14. The average Bonchev–Trinajstić information content (AvgIpc) is 2.39. The number of nitrogens with one attached hydrogen (secondary N) is 1. The quantitative estimate of drug-likeness (QED) is 0.839. The van der Waals surface area contributed by atoms with Gasteiger partial charge in [-0.15, -0.1) is 0 Å². The van der Waals surface area contributed by atoms with E-state index in [1.807, 2.05) is 0 Å². The second kappa shape index (κ2) is 5.35. The van der Waals surface area contributed by atoms with Gasteiger partial charge in [-0.25, -0.2) is 0 Å². The maximum atomic E-state index is 3.60. The van der Waals surface area contributed by atoms with Gasteiger partial charge >= 0.3 is 0 Å². The van der Waals surface area contributed by atoms with Crippen molar-refractivity contribution in [3.05, 3.63) is 29.8 Å². The molecule has 1 atom stereocenters. The highest BCUT2D eigenvalue weighted by Crippen LogP contribution is 2.25. The first-order chi connectivity index (χ1) is 7.81. The summed E-state index contributed by atoms with van der Waals surface area (Å²) in [4.78, 5) is 2.28. The van der Waals surface area contributed by atoms with Crippen LogP contribution in [0.25, 0.3) is 0 Å². The van der Waals surface area contributed by atoms with Gasteiger partial charge in [-0.2, -0.15) is 0 Å². The van der Waals surface area contributed by atoms with Crippen molar-refractivity contribution in [3.63, 3.8) is 0 Å². The molecule has 1 aliphatic rings. The Morgan fingerprint density at radius 1 is 1.38 bits per heavy atom. The minimum absolute atomic E-state index is 0.568. The van der Waals surface area contributed by atoms with Crippen LogP contribution in [0.2, 0.25) is 0 Å². The zero-order valence-electron chi connectivity index (χ0n) is 10.4. The van der Waals surface area contributed by atoms with Crippen molar-refractivity contribution < 1.29 is 0 Å². The van der Waals surface area contributed by atoms with Gasteiger partial charge in [-0.3, -0.25) is 0 Å². The van der Waals surface area contributed by atoms with E-state index in [1.165, 1.54) is 37.1 Å². The predicted octanol–water partition coefficient (Wildman–Crippen LogP) is 2.96. The van der Waals surface area contributed by atoms with Gasteiger partial charge in [-0.1, -0.05) is 18.6 Å². The molecule has 1 aromatic carbocycles. The van der Waals surface area contributed by atoms with Crippen LogP contribution >= 0.6 is 0 Å². The molecular weight excluding hydrogens is 196 g/mol. The highest BCUT2D eigenvalue weighted by atomic mass is 15.1. The molecule has 2 heteroatoms. The lowest BCUT2D eigenvalue weighted by Crippen LogP contribution is -2.27. The fraction of sp³-hybridized carbons (Fsp3) is 0.571. The van der Waals surface area contributed by atoms with E-state index < -0.39 is 0 Å². The molecule has 2 nitrogen and oxygen atoms in total. The van der Waals surface area contributed by atoms with E-state index in [-0.39, 0.29) is 0 Å². The Bertz CT molecular complexity index is 329. The largest absolute Gasteiger partial charge is 0.375 e. The monoisotopic (exact) mass is 218 g/mol. The summed E-state index contributed by atoms with van der Waals surface area (Å²) in [5.74, 6) is 0. The molecule has 2 rings (SSSR count). The van der Waals surface area contributed by atoms with Crippen LogP contribution in [0.3, 0.4) is 0 Å². The topological polar surface area (TPSA) is 15.3 Å². The zero-order valence-corrected chi connectivity index (χ0v) is 10.4. The summed E-state index contributed by atoms with van der Waals surface area (Å²) in [5, 5.41) is 3.60. The number of benzene rings is 1. The van der Waals surface area contributed by atoms with Crippen LogP contribution in [-0.4, -0.2) is 20.1 Å². The lowest BCUT2D eigenvalue weighted by Gasteiger charge is -2.25. The number of anilines is 1. The molecule has 1 saturated heterocycles. The van der Waals surface area contributed by atoms with Crippen LogP contribution in [-0.2, 0) is 0 Å². The van der Waals surface area contributed by atoms with E-state index in [0.717, 1.165) is 6.54 Å². The minimum Gasteiger partial charge on any atom is -0.375 e. The van der Waals surface area contributed by atoms with Crippen molar-refractivity contribution in [2.45, 2.75) is 32.2 Å². The Kier molecular flexibility index (Phi) is 3.83. The third-order valence-electron chi connectivity index (χ3n) is 3.50. The summed E-state index contributed by atoms with van der Waals surface area (Å²) in [6.07, 6.45) is 3.95.